The summed E-state index contributed by atoms with van der Waals surface area (Å²) >= 11 is 1.44. The normalized spacial score (nSPS) is 10.1. The zero-order valence-electron chi connectivity index (χ0n) is 8.95. The number of nitrogens with zero attached hydrogens (tertiary/aromatic N) is 1. The van der Waals surface area contributed by atoms with Crippen LogP contribution in [0.2, 0.25) is 0 Å². The number of nitrogens with one attached hydrogen (secondary N) is 2. The van der Waals surface area contributed by atoms with E-state index in [-0.39, 0.29) is 11.5 Å². The van der Waals surface area contributed by atoms with Gasteiger partial charge < -0.3 is 11.1 Å². The van der Waals surface area contributed by atoms with Crippen LogP contribution in [0.4, 0.5) is 11.5 Å². The number of aromatic amines is 1. The zero-order chi connectivity index (χ0) is 12.0. The van der Waals surface area contributed by atoms with Crippen LogP contribution in [0.25, 0.3) is 0 Å². The van der Waals surface area contributed by atoms with E-state index in [2.05, 4.69) is 22.2 Å². The summed E-state index contributed by atoms with van der Waals surface area (Å²) in [5.74, 6) is 0.911. The average molecular weight is 242 g/mol. The van der Waals surface area contributed by atoms with E-state index in [1.165, 1.54) is 11.8 Å². The van der Waals surface area contributed by atoms with Crippen LogP contribution in [0.3, 0.4) is 0 Å². The highest BCUT2D eigenvalue weighted by Gasteiger charge is 2.07. The first-order valence-electron chi connectivity index (χ1n) is 4.91. The second-order valence-electron chi connectivity index (χ2n) is 3.10. The molecule has 6 nitrogen and oxygen atoms in total. The number of aromatic nitrogens is 2. The molecular weight excluding hydrogens is 228 g/mol. The fraction of sp³-hybridized carbons (Fsp3) is 0.444. The van der Waals surface area contributed by atoms with Gasteiger partial charge in [-0.05, 0) is 6.42 Å². The highest BCUT2D eigenvalue weighted by Crippen LogP contribution is 2.17. The molecule has 1 rings (SSSR count). The SMILES string of the molecule is CCCCSc1nc(N)c(NC=O)c(=O)[nH]1. The summed E-state index contributed by atoms with van der Waals surface area (Å²) in [4.78, 5) is 28.2. The molecule has 1 heterocycles. The monoisotopic (exact) mass is 242 g/mol. The fourth-order valence-electron chi connectivity index (χ4n) is 1.05. The Labute approximate surface area is 97.0 Å². The van der Waals surface area contributed by atoms with Gasteiger partial charge in [-0.1, -0.05) is 25.1 Å². The van der Waals surface area contributed by atoms with E-state index in [0.29, 0.717) is 11.6 Å². The predicted molar refractivity (Wildman–Crippen MR) is 64.6 cm³/mol. The number of amides is 1. The molecule has 0 aliphatic rings. The van der Waals surface area contributed by atoms with Crippen molar-refractivity contribution in [1.82, 2.24) is 9.97 Å². The summed E-state index contributed by atoms with van der Waals surface area (Å²) in [5.41, 5.74) is 5.11. The lowest BCUT2D eigenvalue weighted by Gasteiger charge is -2.04. The number of rotatable bonds is 6. The van der Waals surface area contributed by atoms with Crippen molar-refractivity contribution in [2.75, 3.05) is 16.8 Å². The molecule has 0 unspecified atom stereocenters. The van der Waals surface area contributed by atoms with Crippen molar-refractivity contribution < 1.29 is 4.79 Å². The van der Waals surface area contributed by atoms with E-state index in [0.717, 1.165) is 18.6 Å². The minimum atomic E-state index is -0.432. The lowest BCUT2D eigenvalue weighted by Crippen LogP contribution is -2.18. The first-order chi connectivity index (χ1) is 7.69. The van der Waals surface area contributed by atoms with Crippen LogP contribution in [0, 0.1) is 0 Å². The molecule has 0 radical (unpaired) electrons. The van der Waals surface area contributed by atoms with Gasteiger partial charge in [-0.15, -0.1) is 0 Å². The van der Waals surface area contributed by atoms with Crippen LogP contribution in [0.15, 0.2) is 9.95 Å². The first-order valence-corrected chi connectivity index (χ1v) is 5.90. The molecule has 88 valence electrons. The summed E-state index contributed by atoms with van der Waals surface area (Å²) in [6, 6.07) is 0. The highest BCUT2D eigenvalue weighted by atomic mass is 32.2. The number of nitrogen functional groups attached to an aromatic ring is 1. The van der Waals surface area contributed by atoms with Gasteiger partial charge in [0.2, 0.25) is 6.41 Å². The molecule has 1 amide bonds. The Hall–Kier alpha value is -1.50. The lowest BCUT2D eigenvalue weighted by molar-refractivity contribution is -0.105. The van der Waals surface area contributed by atoms with Gasteiger partial charge in [-0.2, -0.15) is 0 Å². The van der Waals surface area contributed by atoms with Crippen molar-refractivity contribution in [2.45, 2.75) is 24.9 Å². The number of anilines is 2. The second-order valence-corrected chi connectivity index (χ2v) is 4.18. The molecule has 0 atom stereocenters. The molecule has 0 fully saturated rings. The topological polar surface area (TPSA) is 101 Å². The van der Waals surface area contributed by atoms with Crippen molar-refractivity contribution in [3.8, 4) is 0 Å². The van der Waals surface area contributed by atoms with E-state index in [4.69, 9.17) is 5.73 Å². The van der Waals surface area contributed by atoms with Crippen LogP contribution >= 0.6 is 11.8 Å². The van der Waals surface area contributed by atoms with E-state index < -0.39 is 5.56 Å². The number of H-pyrrole nitrogens is 1. The summed E-state index contributed by atoms with van der Waals surface area (Å²) in [7, 11) is 0. The average Bonchev–Trinajstić information content (AvgIpc) is 2.24. The Morgan fingerprint density at radius 2 is 2.38 bits per heavy atom. The maximum atomic E-state index is 11.5. The molecule has 0 aliphatic heterocycles. The molecule has 16 heavy (non-hydrogen) atoms. The van der Waals surface area contributed by atoms with Gasteiger partial charge in [0.15, 0.2) is 11.0 Å². The van der Waals surface area contributed by atoms with Crippen molar-refractivity contribution >= 4 is 29.7 Å². The van der Waals surface area contributed by atoms with Crippen LogP contribution in [0.1, 0.15) is 19.8 Å². The lowest BCUT2D eigenvalue weighted by atomic mass is 10.4. The van der Waals surface area contributed by atoms with Crippen molar-refractivity contribution in [3.63, 3.8) is 0 Å². The van der Waals surface area contributed by atoms with Crippen LogP contribution in [-0.2, 0) is 4.79 Å². The maximum absolute atomic E-state index is 11.5. The Balaban J connectivity index is 2.83. The molecule has 0 bridgehead atoms. The summed E-state index contributed by atoms with van der Waals surface area (Å²) in [6.45, 7) is 2.09. The highest BCUT2D eigenvalue weighted by molar-refractivity contribution is 7.99. The molecular formula is C9H14N4O2S. The number of nitrogens with two attached hydrogens (primary N) is 1. The Bertz CT molecular complexity index is 418. The van der Waals surface area contributed by atoms with E-state index in [9.17, 15) is 9.59 Å². The molecule has 7 heteroatoms. The van der Waals surface area contributed by atoms with E-state index in [1.807, 2.05) is 0 Å². The molecule has 0 aliphatic carbocycles. The minimum Gasteiger partial charge on any atom is -0.382 e. The number of carbonyl (C=O) groups excluding carboxylic acids is 1. The van der Waals surface area contributed by atoms with Crippen molar-refractivity contribution in [3.05, 3.63) is 10.4 Å². The van der Waals surface area contributed by atoms with Gasteiger partial charge >= 0.3 is 0 Å². The van der Waals surface area contributed by atoms with Crippen LogP contribution < -0.4 is 16.6 Å². The van der Waals surface area contributed by atoms with Crippen molar-refractivity contribution in [1.29, 1.82) is 0 Å². The second kappa shape index (κ2) is 6.16. The molecule has 0 aromatic carbocycles. The number of hydrogen-bond acceptors (Lipinski definition) is 5. The van der Waals surface area contributed by atoms with Crippen molar-refractivity contribution in [2.24, 2.45) is 0 Å². The van der Waals surface area contributed by atoms with E-state index in [1.54, 1.807) is 0 Å². The Morgan fingerprint density at radius 3 is 2.94 bits per heavy atom. The standard InChI is InChI=1S/C9H14N4O2S/c1-2-3-4-16-9-12-7(10)6(11-5-14)8(15)13-9/h5H,2-4H2,1H3,(H,11,14)(H3,10,12,13,15). The third-order valence-corrected chi connectivity index (χ3v) is 2.83. The molecule has 1 aromatic rings. The quantitative estimate of drug-likeness (QED) is 0.296. The molecule has 0 saturated heterocycles. The number of hydrogen-bond donors (Lipinski definition) is 3. The smallest absolute Gasteiger partial charge is 0.277 e. The molecule has 1 aromatic heterocycles. The first kappa shape index (κ1) is 12.6. The molecule has 0 saturated carbocycles. The van der Waals surface area contributed by atoms with Gasteiger partial charge in [-0.25, -0.2) is 4.98 Å². The third-order valence-electron chi connectivity index (χ3n) is 1.87. The van der Waals surface area contributed by atoms with Gasteiger partial charge in [0, 0.05) is 5.75 Å². The number of unbranched alkanes of at least 4 members (excludes halogenated alkanes) is 1. The summed E-state index contributed by atoms with van der Waals surface area (Å²) < 4.78 is 0. The van der Waals surface area contributed by atoms with Gasteiger partial charge in [0.1, 0.15) is 5.69 Å². The van der Waals surface area contributed by atoms with Gasteiger partial charge in [0.25, 0.3) is 5.56 Å². The molecule has 0 spiro atoms. The zero-order valence-corrected chi connectivity index (χ0v) is 9.76. The van der Waals surface area contributed by atoms with Crippen LogP contribution in [0.5, 0.6) is 0 Å². The van der Waals surface area contributed by atoms with Gasteiger partial charge in [-0.3, -0.25) is 14.6 Å². The maximum Gasteiger partial charge on any atom is 0.277 e. The largest absolute Gasteiger partial charge is 0.382 e. The molecule has 4 N–H and O–H groups in total. The third kappa shape index (κ3) is 3.27. The number of thioether (sulfide) groups is 1. The van der Waals surface area contributed by atoms with E-state index >= 15 is 0 Å². The Morgan fingerprint density at radius 1 is 1.62 bits per heavy atom. The van der Waals surface area contributed by atoms with Crippen LogP contribution in [-0.4, -0.2) is 22.1 Å². The van der Waals surface area contributed by atoms with Gasteiger partial charge in [0.05, 0.1) is 0 Å². The number of carbonyl (C=O) groups is 1. The summed E-state index contributed by atoms with van der Waals surface area (Å²) in [6.07, 6.45) is 2.52. The fourth-order valence-corrected chi connectivity index (χ4v) is 2.00. The Kier molecular flexibility index (Phi) is 4.84. The minimum absolute atomic E-state index is 0.00478. The predicted octanol–water partition coefficient (Wildman–Crippen LogP) is 0.813. The summed E-state index contributed by atoms with van der Waals surface area (Å²) in [5, 5.41) is 2.70.